The number of hydrogen-bond acceptors (Lipinski definition) is 3. The minimum atomic E-state index is -0.302. The van der Waals surface area contributed by atoms with Crippen LogP contribution >= 0.6 is 50.9 Å². The minimum Gasteiger partial charge on any atom is -0.307 e. The van der Waals surface area contributed by atoms with Crippen LogP contribution in [0.1, 0.15) is 0 Å². The van der Waals surface area contributed by atoms with Gasteiger partial charge in [-0.1, -0.05) is 50.9 Å². The number of benzene rings is 2. The molecule has 24 heavy (non-hydrogen) atoms. The van der Waals surface area contributed by atoms with Gasteiger partial charge in [0.15, 0.2) is 5.17 Å². The lowest BCUT2D eigenvalue weighted by molar-refractivity contribution is 0.259. The highest BCUT2D eigenvalue weighted by Crippen LogP contribution is 2.28. The molecule has 2 aromatic carbocycles. The van der Waals surface area contributed by atoms with E-state index >= 15 is 0 Å². The highest BCUT2D eigenvalue weighted by molar-refractivity contribution is 9.10. The van der Waals surface area contributed by atoms with Crippen molar-refractivity contribution in [2.24, 2.45) is 4.99 Å². The smallest absolute Gasteiger partial charge is 0.307 e. The van der Waals surface area contributed by atoms with Crippen molar-refractivity contribution in [3.63, 3.8) is 0 Å². The molecule has 0 saturated carbocycles. The van der Waals surface area contributed by atoms with Crippen LogP contribution in [0.4, 0.5) is 16.2 Å². The Balaban J connectivity index is 1.88. The largest absolute Gasteiger partial charge is 0.332 e. The van der Waals surface area contributed by atoms with E-state index < -0.39 is 0 Å². The molecule has 0 atom stereocenters. The number of halogens is 3. The molecule has 0 bridgehead atoms. The Morgan fingerprint density at radius 3 is 2.54 bits per heavy atom. The lowest BCUT2D eigenvalue weighted by atomic mass is 10.3. The molecule has 0 radical (unpaired) electrons. The number of nitrogens with one attached hydrogen (secondary N) is 1. The number of nitrogens with zero attached hydrogens (tertiary/aromatic N) is 2. The summed E-state index contributed by atoms with van der Waals surface area (Å²) in [5.74, 6) is 0.864. The van der Waals surface area contributed by atoms with Crippen LogP contribution < -0.4 is 10.2 Å². The van der Waals surface area contributed by atoms with Crippen molar-refractivity contribution in [1.29, 1.82) is 0 Å². The molecule has 3 rings (SSSR count). The van der Waals surface area contributed by atoms with Crippen LogP contribution in [0.25, 0.3) is 0 Å². The standard InChI is InChI=1S/C16H12BrCl2N3OS/c17-10-1-4-12(5-2-10)22(16-20-7-8-24-16)15(23)21-11-3-6-13(18)14(19)9-11/h1-6,9H,7-8H2,(H,21,23). The van der Waals surface area contributed by atoms with E-state index in [0.717, 1.165) is 15.9 Å². The fourth-order valence-electron chi connectivity index (χ4n) is 2.12. The molecule has 0 spiro atoms. The average molecular weight is 445 g/mol. The molecule has 124 valence electrons. The van der Waals surface area contributed by atoms with Gasteiger partial charge < -0.3 is 5.32 Å². The molecule has 1 aliphatic rings. The van der Waals surface area contributed by atoms with Crippen molar-refractivity contribution in [1.82, 2.24) is 0 Å². The van der Waals surface area contributed by atoms with Crippen molar-refractivity contribution >= 4 is 73.5 Å². The van der Waals surface area contributed by atoms with Crippen LogP contribution in [0.3, 0.4) is 0 Å². The summed E-state index contributed by atoms with van der Waals surface area (Å²) >= 11 is 16.9. The quantitative estimate of drug-likeness (QED) is 0.626. The van der Waals surface area contributed by atoms with Crippen LogP contribution in [0.5, 0.6) is 0 Å². The van der Waals surface area contributed by atoms with Gasteiger partial charge in [0, 0.05) is 15.9 Å². The Bertz CT molecular complexity index is 798. The van der Waals surface area contributed by atoms with Gasteiger partial charge in [-0.15, -0.1) is 0 Å². The van der Waals surface area contributed by atoms with Crippen LogP contribution in [0.15, 0.2) is 51.9 Å². The first-order chi connectivity index (χ1) is 11.5. The maximum absolute atomic E-state index is 12.8. The predicted octanol–water partition coefficient (Wildman–Crippen LogP) is 5.90. The highest BCUT2D eigenvalue weighted by atomic mass is 79.9. The number of thioether (sulfide) groups is 1. The van der Waals surface area contributed by atoms with Crippen LogP contribution in [-0.4, -0.2) is 23.5 Å². The fourth-order valence-corrected chi connectivity index (χ4v) is 3.54. The second-order valence-electron chi connectivity index (χ2n) is 4.88. The van der Waals surface area contributed by atoms with Gasteiger partial charge in [-0.25, -0.2) is 9.69 Å². The molecule has 0 saturated heterocycles. The molecule has 2 aromatic rings. The van der Waals surface area contributed by atoms with E-state index in [9.17, 15) is 4.79 Å². The molecule has 1 N–H and O–H groups in total. The fraction of sp³-hybridized carbons (Fsp3) is 0.125. The van der Waals surface area contributed by atoms with Gasteiger partial charge in [0.2, 0.25) is 0 Å². The zero-order chi connectivity index (χ0) is 17.1. The first-order valence-electron chi connectivity index (χ1n) is 7.03. The number of anilines is 2. The summed E-state index contributed by atoms with van der Waals surface area (Å²) in [6.07, 6.45) is 0. The van der Waals surface area contributed by atoms with E-state index in [2.05, 4.69) is 26.2 Å². The molecule has 8 heteroatoms. The van der Waals surface area contributed by atoms with Gasteiger partial charge in [-0.05, 0) is 42.5 Å². The number of carbonyl (C=O) groups excluding carboxylic acids is 1. The predicted molar refractivity (Wildman–Crippen MR) is 107 cm³/mol. The third kappa shape index (κ3) is 4.06. The second-order valence-corrected chi connectivity index (χ2v) is 7.68. The van der Waals surface area contributed by atoms with Crippen LogP contribution in [0.2, 0.25) is 10.0 Å². The van der Waals surface area contributed by atoms with Gasteiger partial charge in [-0.2, -0.15) is 0 Å². The number of amidine groups is 1. The summed E-state index contributed by atoms with van der Waals surface area (Å²) in [7, 11) is 0. The molecular weight excluding hydrogens is 433 g/mol. The number of amides is 2. The van der Waals surface area contributed by atoms with E-state index in [1.807, 2.05) is 24.3 Å². The number of urea groups is 1. The van der Waals surface area contributed by atoms with Crippen molar-refractivity contribution < 1.29 is 4.79 Å². The van der Waals surface area contributed by atoms with E-state index in [1.165, 1.54) is 0 Å². The Kier molecular flexibility index (Phi) is 5.71. The normalized spacial score (nSPS) is 13.5. The maximum atomic E-state index is 12.8. The van der Waals surface area contributed by atoms with Crippen molar-refractivity contribution in [3.8, 4) is 0 Å². The average Bonchev–Trinajstić information content (AvgIpc) is 3.07. The first-order valence-corrected chi connectivity index (χ1v) is 9.57. The zero-order valence-electron chi connectivity index (χ0n) is 12.3. The molecule has 4 nitrogen and oxygen atoms in total. The topological polar surface area (TPSA) is 44.7 Å². The molecule has 0 fully saturated rings. The van der Waals surface area contributed by atoms with E-state index in [4.69, 9.17) is 23.2 Å². The molecule has 0 unspecified atom stereocenters. The molecule has 1 aliphatic heterocycles. The summed E-state index contributed by atoms with van der Waals surface area (Å²) in [5, 5.41) is 4.34. The summed E-state index contributed by atoms with van der Waals surface area (Å²) in [4.78, 5) is 18.8. The van der Waals surface area contributed by atoms with E-state index in [1.54, 1.807) is 34.9 Å². The second kappa shape index (κ2) is 7.78. The van der Waals surface area contributed by atoms with Crippen molar-refractivity contribution in [2.45, 2.75) is 0 Å². The summed E-state index contributed by atoms with van der Waals surface area (Å²) in [6.45, 7) is 0.701. The Labute approximate surface area is 162 Å². The maximum Gasteiger partial charge on any atom is 0.332 e. The summed E-state index contributed by atoms with van der Waals surface area (Å²) < 4.78 is 0.942. The summed E-state index contributed by atoms with van der Waals surface area (Å²) in [5.41, 5.74) is 1.31. The van der Waals surface area contributed by atoms with Gasteiger partial charge >= 0.3 is 6.03 Å². The molecule has 0 aromatic heterocycles. The summed E-state index contributed by atoms with van der Waals surface area (Å²) in [6, 6.07) is 12.2. The van der Waals surface area contributed by atoms with E-state index in [-0.39, 0.29) is 6.03 Å². The van der Waals surface area contributed by atoms with Crippen LogP contribution in [-0.2, 0) is 0 Å². The van der Waals surface area contributed by atoms with Crippen molar-refractivity contribution in [3.05, 3.63) is 57.0 Å². The highest BCUT2D eigenvalue weighted by Gasteiger charge is 2.24. The lowest BCUT2D eigenvalue weighted by Gasteiger charge is -2.22. The molecule has 0 aliphatic carbocycles. The van der Waals surface area contributed by atoms with Gasteiger partial charge in [0.05, 0.1) is 22.3 Å². The third-order valence-corrected chi connectivity index (χ3v) is 5.44. The monoisotopic (exact) mass is 443 g/mol. The van der Waals surface area contributed by atoms with Gasteiger partial charge in [-0.3, -0.25) is 4.99 Å². The van der Waals surface area contributed by atoms with Crippen molar-refractivity contribution in [2.75, 3.05) is 22.5 Å². The SMILES string of the molecule is O=C(Nc1ccc(Cl)c(Cl)c1)N(C1=NCCS1)c1ccc(Br)cc1. The Hall–Kier alpha value is -1.21. The first kappa shape index (κ1) is 17.6. The number of hydrogen-bond donors (Lipinski definition) is 1. The minimum absolute atomic E-state index is 0.302. The Morgan fingerprint density at radius 2 is 1.92 bits per heavy atom. The van der Waals surface area contributed by atoms with Gasteiger partial charge in [0.25, 0.3) is 0 Å². The molecule has 1 heterocycles. The molecule has 2 amide bonds. The third-order valence-electron chi connectivity index (χ3n) is 3.22. The zero-order valence-corrected chi connectivity index (χ0v) is 16.2. The van der Waals surface area contributed by atoms with Gasteiger partial charge in [0.1, 0.15) is 0 Å². The number of rotatable bonds is 2. The molecular formula is C16H12BrCl2N3OS. The number of carbonyl (C=O) groups is 1. The Morgan fingerprint density at radius 1 is 1.17 bits per heavy atom. The number of aliphatic imine (C=N–C) groups is 1. The van der Waals surface area contributed by atoms with Crippen LogP contribution in [0, 0.1) is 0 Å². The van der Waals surface area contributed by atoms with E-state index in [0.29, 0.717) is 27.4 Å². The lowest BCUT2D eigenvalue weighted by Crippen LogP contribution is -2.38.